The number of hydrogen-bond donors (Lipinski definition) is 1. The predicted molar refractivity (Wildman–Crippen MR) is 116 cm³/mol. The highest BCUT2D eigenvalue weighted by molar-refractivity contribution is 5.86. The van der Waals surface area contributed by atoms with E-state index in [9.17, 15) is 14.4 Å². The lowest BCUT2D eigenvalue weighted by molar-refractivity contribution is -0.139. The Morgan fingerprint density at radius 2 is 1.97 bits per heavy atom. The summed E-state index contributed by atoms with van der Waals surface area (Å²) in [6, 6.07) is 0. The topological polar surface area (TPSA) is 79.0 Å². The number of carbonyl (C=O) groups is 3. The summed E-state index contributed by atoms with van der Waals surface area (Å²) in [5.41, 5.74) is 0.448. The van der Waals surface area contributed by atoms with Crippen LogP contribution in [0.3, 0.4) is 0 Å². The summed E-state index contributed by atoms with van der Waals surface area (Å²) in [6.45, 7) is 15.1. The Bertz CT molecular complexity index is 572. The molecule has 1 atom stereocenters. The zero-order valence-corrected chi connectivity index (χ0v) is 18.2. The van der Waals surface area contributed by atoms with Crippen LogP contribution < -0.4 is 5.32 Å². The lowest BCUT2D eigenvalue weighted by Gasteiger charge is -2.09. The maximum Gasteiger partial charge on any atom is 0.333 e. The first-order valence-electron chi connectivity index (χ1n) is 10.0. The number of hydrogen-bond acceptors (Lipinski definition) is 5. The van der Waals surface area contributed by atoms with E-state index < -0.39 is 0 Å². The van der Waals surface area contributed by atoms with Crippen molar-refractivity contribution in [3.8, 4) is 0 Å². The van der Waals surface area contributed by atoms with E-state index in [1.165, 1.54) is 0 Å². The molecule has 2 amide bonds. The molecular weight excluding hydrogens is 370 g/mol. The number of likely N-dealkylation sites (N-methyl/N-ethyl adjacent to an activating group) is 1. The fourth-order valence-corrected chi connectivity index (χ4v) is 2.49. The fraction of sp³-hybridized carbons (Fsp3) is 0.591. The van der Waals surface area contributed by atoms with E-state index in [1.54, 1.807) is 24.1 Å². The van der Waals surface area contributed by atoms with Gasteiger partial charge in [0, 0.05) is 31.6 Å². The number of ether oxygens (including phenoxy) is 1. The van der Waals surface area contributed by atoms with Crippen molar-refractivity contribution in [3.05, 3.63) is 37.6 Å². The van der Waals surface area contributed by atoms with Crippen molar-refractivity contribution in [1.29, 1.82) is 0 Å². The molecule has 2 rings (SSSR count). The first-order chi connectivity index (χ1) is 13.7. The minimum absolute atomic E-state index is 0.0579. The monoisotopic (exact) mass is 407 g/mol. The van der Waals surface area contributed by atoms with Crippen LogP contribution in [-0.2, 0) is 19.1 Å². The molecule has 0 saturated carbocycles. The van der Waals surface area contributed by atoms with Crippen molar-refractivity contribution >= 4 is 17.8 Å². The van der Waals surface area contributed by atoms with Crippen LogP contribution in [0, 0.1) is 5.92 Å². The van der Waals surface area contributed by atoms with Gasteiger partial charge in [-0.05, 0) is 46.5 Å². The molecule has 0 spiro atoms. The second-order valence-electron chi connectivity index (χ2n) is 7.22. The highest BCUT2D eigenvalue weighted by Gasteiger charge is 2.16. The van der Waals surface area contributed by atoms with E-state index in [1.807, 2.05) is 19.0 Å². The molecule has 1 unspecified atom stereocenters. The number of rotatable bonds is 6. The fourth-order valence-electron chi connectivity index (χ4n) is 2.49. The molecule has 0 bridgehead atoms. The van der Waals surface area contributed by atoms with Gasteiger partial charge in [-0.3, -0.25) is 9.59 Å². The minimum atomic E-state index is -0.313. The van der Waals surface area contributed by atoms with E-state index in [-0.39, 0.29) is 23.7 Å². The van der Waals surface area contributed by atoms with E-state index >= 15 is 0 Å². The van der Waals surface area contributed by atoms with Crippen molar-refractivity contribution in [2.75, 3.05) is 40.3 Å². The number of nitrogens with one attached hydrogen (secondary N) is 1. The number of amides is 2. The maximum absolute atomic E-state index is 11.1. The Balaban J connectivity index is 0.000000410. The van der Waals surface area contributed by atoms with Crippen molar-refractivity contribution in [3.63, 3.8) is 0 Å². The maximum atomic E-state index is 11.1. The van der Waals surface area contributed by atoms with Gasteiger partial charge in [0.25, 0.3) is 0 Å². The van der Waals surface area contributed by atoms with Gasteiger partial charge in [0.05, 0.1) is 5.92 Å². The van der Waals surface area contributed by atoms with Gasteiger partial charge < -0.3 is 19.9 Å². The molecule has 29 heavy (non-hydrogen) atoms. The molecule has 0 radical (unpaired) electrons. The molecule has 164 valence electrons. The Hall–Kier alpha value is -2.41. The largest absolute Gasteiger partial charge is 0.461 e. The van der Waals surface area contributed by atoms with Crippen molar-refractivity contribution in [1.82, 2.24) is 15.1 Å². The Morgan fingerprint density at radius 1 is 1.28 bits per heavy atom. The smallest absolute Gasteiger partial charge is 0.333 e. The van der Waals surface area contributed by atoms with Crippen molar-refractivity contribution in [2.45, 2.75) is 39.0 Å². The van der Waals surface area contributed by atoms with Gasteiger partial charge in [-0.2, -0.15) is 0 Å². The van der Waals surface area contributed by atoms with Crippen LogP contribution in [0.5, 0.6) is 0 Å². The van der Waals surface area contributed by atoms with E-state index in [4.69, 9.17) is 4.74 Å². The van der Waals surface area contributed by atoms with Crippen molar-refractivity contribution < 1.29 is 19.1 Å². The third-order valence-electron chi connectivity index (χ3n) is 4.31. The molecule has 2 fully saturated rings. The SMILES string of the molecule is C=C(C)C(=O)OCCN(C)C.C=CC1CCCCNC1=O.C=CN1CCCC1=O. The summed E-state index contributed by atoms with van der Waals surface area (Å²) >= 11 is 0. The van der Waals surface area contributed by atoms with E-state index in [2.05, 4.69) is 25.1 Å². The highest BCUT2D eigenvalue weighted by Crippen LogP contribution is 2.12. The minimum Gasteiger partial charge on any atom is -0.461 e. The second-order valence-corrected chi connectivity index (χ2v) is 7.22. The zero-order chi connectivity index (χ0) is 22.2. The normalized spacial score (nSPS) is 18.3. The molecule has 2 aliphatic heterocycles. The van der Waals surface area contributed by atoms with Gasteiger partial charge in [0.15, 0.2) is 0 Å². The molecule has 1 N–H and O–H groups in total. The average Bonchev–Trinajstić information content (AvgIpc) is 2.98. The molecule has 7 nitrogen and oxygen atoms in total. The summed E-state index contributed by atoms with van der Waals surface area (Å²) in [7, 11) is 3.85. The Kier molecular flexibility index (Phi) is 14.2. The van der Waals surface area contributed by atoms with Gasteiger partial charge in [0.1, 0.15) is 6.61 Å². The average molecular weight is 408 g/mol. The van der Waals surface area contributed by atoms with Crippen LogP contribution in [0.1, 0.15) is 39.0 Å². The van der Waals surface area contributed by atoms with Gasteiger partial charge in [-0.25, -0.2) is 4.79 Å². The van der Waals surface area contributed by atoms with Crippen LogP contribution in [0.25, 0.3) is 0 Å². The second kappa shape index (κ2) is 15.5. The molecular formula is C22H37N3O4. The Labute approximate surface area is 175 Å². The van der Waals surface area contributed by atoms with E-state index in [0.717, 1.165) is 45.3 Å². The number of nitrogens with zero attached hydrogens (tertiary/aromatic N) is 2. The van der Waals surface area contributed by atoms with Crippen LogP contribution >= 0.6 is 0 Å². The van der Waals surface area contributed by atoms with Crippen LogP contribution in [0.2, 0.25) is 0 Å². The predicted octanol–water partition coefficient (Wildman–Crippen LogP) is 2.51. The van der Waals surface area contributed by atoms with Crippen LogP contribution in [0.4, 0.5) is 0 Å². The molecule has 0 aromatic rings. The highest BCUT2D eigenvalue weighted by atomic mass is 16.5. The number of carbonyl (C=O) groups excluding carboxylic acids is 3. The summed E-state index contributed by atoms with van der Waals surface area (Å²) in [6.07, 6.45) is 8.23. The molecule has 7 heteroatoms. The number of esters is 1. The molecule has 0 aromatic carbocycles. The standard InChI is InChI=1S/C8H15NO2.C8H13NO.C6H9NO/c1-7(2)8(10)11-6-5-9(3)4;1-2-7-5-3-4-6-9-8(7)10;1-2-7-5-3-4-6(7)8/h1,5-6H2,2-4H3;2,7H,1,3-6H2,(H,9,10);2H,1,3-5H2. The molecule has 0 aliphatic carbocycles. The Morgan fingerprint density at radius 3 is 2.41 bits per heavy atom. The van der Waals surface area contributed by atoms with Gasteiger partial charge in [-0.1, -0.05) is 25.7 Å². The molecule has 0 aromatic heterocycles. The van der Waals surface area contributed by atoms with Crippen LogP contribution in [0.15, 0.2) is 37.6 Å². The van der Waals surface area contributed by atoms with Gasteiger partial charge in [0.2, 0.25) is 11.8 Å². The van der Waals surface area contributed by atoms with E-state index in [0.29, 0.717) is 18.6 Å². The number of likely N-dealkylation sites (tertiary alicyclic amines) is 1. The first kappa shape index (κ1) is 26.6. The lowest BCUT2D eigenvalue weighted by atomic mass is 10.0. The quantitative estimate of drug-likeness (QED) is 0.416. The third-order valence-corrected chi connectivity index (χ3v) is 4.31. The van der Waals surface area contributed by atoms with Crippen molar-refractivity contribution in [2.24, 2.45) is 5.92 Å². The third kappa shape index (κ3) is 12.6. The van der Waals surface area contributed by atoms with Crippen LogP contribution in [-0.4, -0.2) is 67.9 Å². The zero-order valence-electron chi connectivity index (χ0n) is 18.2. The molecule has 2 saturated heterocycles. The molecule has 2 aliphatic rings. The first-order valence-corrected chi connectivity index (χ1v) is 10.0. The lowest BCUT2D eigenvalue weighted by Crippen LogP contribution is -2.27. The van der Waals surface area contributed by atoms with Gasteiger partial charge in [-0.15, -0.1) is 6.58 Å². The summed E-state index contributed by atoms with van der Waals surface area (Å²) < 4.78 is 4.83. The summed E-state index contributed by atoms with van der Waals surface area (Å²) in [4.78, 5) is 36.1. The molecule has 2 heterocycles. The summed E-state index contributed by atoms with van der Waals surface area (Å²) in [5, 5.41) is 2.84. The summed E-state index contributed by atoms with van der Waals surface area (Å²) in [5.74, 6) is 0.0989. The van der Waals surface area contributed by atoms with Gasteiger partial charge >= 0.3 is 5.97 Å².